The molecule has 0 bridgehead atoms. The van der Waals surface area contributed by atoms with Crippen LogP contribution in [0, 0.1) is 6.92 Å². The summed E-state index contributed by atoms with van der Waals surface area (Å²) in [6.45, 7) is 8.44. The van der Waals surface area contributed by atoms with E-state index in [0.29, 0.717) is 17.9 Å². The molecule has 3 aromatic carbocycles. The first-order chi connectivity index (χ1) is 18.5. The number of carbonyl (C=O) groups is 2. The number of piperidine rings is 1. The van der Waals surface area contributed by atoms with Gasteiger partial charge >= 0.3 is 5.97 Å². The Morgan fingerprint density at radius 2 is 1.66 bits per heavy atom. The minimum atomic E-state index is -0.430. The lowest BCUT2D eigenvalue weighted by atomic mass is 9.94. The number of ether oxygens (including phenoxy) is 2. The van der Waals surface area contributed by atoms with Crippen molar-refractivity contribution in [1.82, 2.24) is 5.32 Å². The van der Waals surface area contributed by atoms with Crippen LogP contribution in [0.5, 0.6) is 5.75 Å². The predicted octanol–water partition coefficient (Wildman–Crippen LogP) is 6.01. The molecule has 0 spiro atoms. The summed E-state index contributed by atoms with van der Waals surface area (Å²) in [6.07, 6.45) is 3.78. The van der Waals surface area contributed by atoms with Crippen molar-refractivity contribution < 1.29 is 19.1 Å². The lowest BCUT2D eigenvalue weighted by Crippen LogP contribution is -2.34. The van der Waals surface area contributed by atoms with Gasteiger partial charge in [0.1, 0.15) is 11.3 Å². The van der Waals surface area contributed by atoms with Gasteiger partial charge in [-0.3, -0.25) is 4.79 Å². The van der Waals surface area contributed by atoms with Crippen molar-refractivity contribution in [3.8, 4) is 5.75 Å². The number of anilines is 1. The summed E-state index contributed by atoms with van der Waals surface area (Å²) in [5, 5.41) is 3.31. The monoisotopic (exact) mass is 514 g/mol. The van der Waals surface area contributed by atoms with Gasteiger partial charge in [-0.2, -0.15) is 0 Å². The molecule has 6 nitrogen and oxygen atoms in total. The van der Waals surface area contributed by atoms with Gasteiger partial charge in [-0.05, 0) is 69.4 Å². The summed E-state index contributed by atoms with van der Waals surface area (Å²) in [5.74, 6) is -0.0992. The highest BCUT2D eigenvalue weighted by atomic mass is 16.5. The summed E-state index contributed by atoms with van der Waals surface area (Å²) in [7, 11) is 0. The number of aryl methyl sites for hydroxylation is 1. The van der Waals surface area contributed by atoms with Crippen LogP contribution in [-0.2, 0) is 16.0 Å². The summed E-state index contributed by atoms with van der Waals surface area (Å²) in [4.78, 5) is 28.2. The normalized spacial score (nSPS) is 14.0. The van der Waals surface area contributed by atoms with Crippen LogP contribution in [0.25, 0.3) is 0 Å². The van der Waals surface area contributed by atoms with Crippen LogP contribution in [0.4, 0.5) is 5.69 Å². The van der Waals surface area contributed by atoms with E-state index in [1.165, 1.54) is 30.5 Å². The van der Waals surface area contributed by atoms with E-state index in [1.807, 2.05) is 13.0 Å². The summed E-state index contributed by atoms with van der Waals surface area (Å²) in [6, 6.07) is 21.7. The first-order valence-corrected chi connectivity index (χ1v) is 13.6. The topological polar surface area (TPSA) is 67.9 Å². The third kappa shape index (κ3) is 6.74. The second-order valence-electron chi connectivity index (χ2n) is 9.68. The van der Waals surface area contributed by atoms with Gasteiger partial charge in [-0.25, -0.2) is 4.79 Å². The van der Waals surface area contributed by atoms with Crippen LogP contribution >= 0.6 is 0 Å². The van der Waals surface area contributed by atoms with Gasteiger partial charge < -0.3 is 19.7 Å². The quantitative estimate of drug-likeness (QED) is 0.336. The maximum absolute atomic E-state index is 13.5. The van der Waals surface area contributed by atoms with Gasteiger partial charge in [0.05, 0.1) is 25.7 Å². The van der Waals surface area contributed by atoms with Crippen LogP contribution in [0.2, 0.25) is 0 Å². The Labute approximate surface area is 226 Å². The minimum Gasteiger partial charge on any atom is -0.493 e. The summed E-state index contributed by atoms with van der Waals surface area (Å²) >= 11 is 0. The SMILES string of the molecule is CCOC(=O)c1ccc(CC(=O)NC(c2ccc(C)cc2)c2ccccc2N2CCCCC2)cc1OCC. The van der Waals surface area contributed by atoms with Gasteiger partial charge in [0.15, 0.2) is 0 Å². The minimum absolute atomic E-state index is 0.102. The molecule has 6 heteroatoms. The van der Waals surface area contributed by atoms with Crippen LogP contribution in [0.15, 0.2) is 66.7 Å². The van der Waals surface area contributed by atoms with Gasteiger partial charge in [0.25, 0.3) is 0 Å². The predicted molar refractivity (Wildman–Crippen MR) is 151 cm³/mol. The Morgan fingerprint density at radius 3 is 2.37 bits per heavy atom. The van der Waals surface area contributed by atoms with Crippen molar-refractivity contribution in [2.45, 2.75) is 52.5 Å². The smallest absolute Gasteiger partial charge is 0.341 e. The van der Waals surface area contributed by atoms with E-state index in [1.54, 1.807) is 25.1 Å². The number of rotatable bonds is 10. The zero-order valence-corrected chi connectivity index (χ0v) is 22.7. The van der Waals surface area contributed by atoms with Crippen LogP contribution in [0.1, 0.15) is 71.8 Å². The Morgan fingerprint density at radius 1 is 0.921 bits per heavy atom. The van der Waals surface area contributed by atoms with Gasteiger partial charge in [-0.1, -0.05) is 54.1 Å². The molecular formula is C32H38N2O4. The maximum Gasteiger partial charge on any atom is 0.341 e. The zero-order valence-electron chi connectivity index (χ0n) is 22.7. The molecule has 200 valence electrons. The average molecular weight is 515 g/mol. The molecule has 1 aliphatic rings. The van der Waals surface area contributed by atoms with Crippen molar-refractivity contribution in [1.29, 1.82) is 0 Å². The maximum atomic E-state index is 13.5. The Hall–Kier alpha value is -3.80. The highest BCUT2D eigenvalue weighted by molar-refractivity contribution is 5.93. The van der Waals surface area contributed by atoms with Crippen LogP contribution in [-0.4, -0.2) is 38.2 Å². The number of hydrogen-bond donors (Lipinski definition) is 1. The highest BCUT2D eigenvalue weighted by Gasteiger charge is 2.24. The first kappa shape index (κ1) is 27.2. The molecule has 1 atom stereocenters. The molecular weight excluding hydrogens is 476 g/mol. The van der Waals surface area contributed by atoms with Crippen molar-refractivity contribution >= 4 is 17.6 Å². The summed E-state index contributed by atoms with van der Waals surface area (Å²) in [5.41, 5.74) is 5.63. The number of hydrogen-bond acceptors (Lipinski definition) is 5. The fourth-order valence-corrected chi connectivity index (χ4v) is 4.98. The molecule has 1 heterocycles. The number of nitrogens with zero attached hydrogens (tertiary/aromatic N) is 1. The molecule has 1 fully saturated rings. The molecule has 1 saturated heterocycles. The number of benzene rings is 3. The number of esters is 1. The van der Waals surface area contributed by atoms with E-state index in [-0.39, 0.29) is 25.0 Å². The molecule has 3 aromatic rings. The van der Waals surface area contributed by atoms with Gasteiger partial charge in [-0.15, -0.1) is 0 Å². The van der Waals surface area contributed by atoms with Crippen molar-refractivity contribution in [2.24, 2.45) is 0 Å². The van der Waals surface area contributed by atoms with Crippen LogP contribution in [0.3, 0.4) is 0 Å². The molecule has 1 aliphatic heterocycles. The number of carbonyl (C=O) groups excluding carboxylic acids is 2. The molecule has 0 saturated carbocycles. The van der Waals surface area contributed by atoms with E-state index < -0.39 is 5.97 Å². The van der Waals surface area contributed by atoms with Gasteiger partial charge in [0.2, 0.25) is 5.91 Å². The lowest BCUT2D eigenvalue weighted by molar-refractivity contribution is -0.120. The molecule has 0 radical (unpaired) electrons. The molecule has 1 amide bonds. The van der Waals surface area contributed by atoms with E-state index in [2.05, 4.69) is 59.6 Å². The van der Waals surface area contributed by atoms with E-state index in [4.69, 9.17) is 9.47 Å². The highest BCUT2D eigenvalue weighted by Crippen LogP contribution is 2.33. The van der Waals surface area contributed by atoms with E-state index >= 15 is 0 Å². The standard InChI is InChI=1S/C32H38N2O4/c1-4-37-29-21-24(15-18-27(29)32(36)38-5-2)22-30(35)33-31(25-16-13-23(3)14-17-25)26-11-7-8-12-28(26)34-19-9-6-10-20-34/h7-8,11-18,21,31H,4-6,9-10,19-20,22H2,1-3H3,(H,33,35). The second-order valence-corrected chi connectivity index (χ2v) is 9.68. The number of amides is 1. The lowest BCUT2D eigenvalue weighted by Gasteiger charge is -2.33. The first-order valence-electron chi connectivity index (χ1n) is 13.6. The summed E-state index contributed by atoms with van der Waals surface area (Å²) < 4.78 is 10.9. The Bertz CT molecular complexity index is 1230. The van der Waals surface area contributed by atoms with Crippen molar-refractivity contribution in [2.75, 3.05) is 31.2 Å². The zero-order chi connectivity index (χ0) is 26.9. The molecule has 0 aliphatic carbocycles. The fraction of sp³-hybridized carbons (Fsp3) is 0.375. The third-order valence-electron chi connectivity index (χ3n) is 6.87. The molecule has 1 N–H and O–H groups in total. The molecule has 4 rings (SSSR count). The van der Waals surface area contributed by atoms with Gasteiger partial charge in [0, 0.05) is 24.3 Å². The molecule has 1 unspecified atom stereocenters. The fourth-order valence-electron chi connectivity index (χ4n) is 4.98. The second kappa shape index (κ2) is 13.1. The van der Waals surface area contributed by atoms with E-state index in [0.717, 1.165) is 29.8 Å². The average Bonchev–Trinajstić information content (AvgIpc) is 2.93. The third-order valence-corrected chi connectivity index (χ3v) is 6.87. The van der Waals surface area contributed by atoms with E-state index in [9.17, 15) is 9.59 Å². The Kier molecular flexibility index (Phi) is 9.41. The largest absolute Gasteiger partial charge is 0.493 e. The Balaban J connectivity index is 1.61. The molecule has 38 heavy (non-hydrogen) atoms. The van der Waals surface area contributed by atoms with Crippen LogP contribution < -0.4 is 15.0 Å². The molecule has 0 aromatic heterocycles. The number of nitrogens with one attached hydrogen (secondary N) is 1. The van der Waals surface area contributed by atoms with Crippen molar-refractivity contribution in [3.63, 3.8) is 0 Å². The van der Waals surface area contributed by atoms with Crippen molar-refractivity contribution in [3.05, 3.63) is 94.5 Å². The number of para-hydroxylation sites is 1.